The van der Waals surface area contributed by atoms with Crippen molar-refractivity contribution >= 4 is 5.95 Å². The van der Waals surface area contributed by atoms with Crippen molar-refractivity contribution in [3.05, 3.63) is 30.4 Å². The van der Waals surface area contributed by atoms with E-state index in [1.54, 1.807) is 12.1 Å². The van der Waals surface area contributed by atoms with Crippen molar-refractivity contribution in [3.8, 4) is 11.5 Å². The fraction of sp³-hybridized carbons (Fsp3) is 0.200. The molecule has 0 unspecified atom stereocenters. The Morgan fingerprint density at radius 3 is 3.07 bits per heavy atom. The van der Waals surface area contributed by atoms with Gasteiger partial charge in [-0.05, 0) is 19.1 Å². The standard InChI is InChI=1S/C10H10FN3O/c1-2-12-10-13-6-7(11)9(14-10)8-4-3-5-15-8/h3-6H,2H2,1H3,(H,12,13,14). The van der Waals surface area contributed by atoms with E-state index in [9.17, 15) is 4.39 Å². The molecule has 2 aromatic rings. The highest BCUT2D eigenvalue weighted by atomic mass is 19.1. The maximum absolute atomic E-state index is 13.4. The van der Waals surface area contributed by atoms with E-state index in [4.69, 9.17) is 4.42 Å². The van der Waals surface area contributed by atoms with Gasteiger partial charge in [-0.15, -0.1) is 0 Å². The van der Waals surface area contributed by atoms with Crippen LogP contribution in [0.1, 0.15) is 6.92 Å². The number of aromatic nitrogens is 2. The van der Waals surface area contributed by atoms with Gasteiger partial charge in [-0.25, -0.2) is 14.4 Å². The van der Waals surface area contributed by atoms with Crippen molar-refractivity contribution in [2.45, 2.75) is 6.92 Å². The molecule has 0 aliphatic carbocycles. The predicted molar refractivity (Wildman–Crippen MR) is 53.9 cm³/mol. The van der Waals surface area contributed by atoms with E-state index in [0.29, 0.717) is 18.3 Å². The predicted octanol–water partition coefficient (Wildman–Crippen LogP) is 2.31. The molecule has 1 N–H and O–H groups in total. The van der Waals surface area contributed by atoms with Crippen LogP contribution in [-0.2, 0) is 0 Å². The molecule has 0 aromatic carbocycles. The Morgan fingerprint density at radius 2 is 2.40 bits per heavy atom. The highest BCUT2D eigenvalue weighted by molar-refractivity contribution is 5.54. The van der Waals surface area contributed by atoms with Gasteiger partial charge in [0.25, 0.3) is 0 Å². The van der Waals surface area contributed by atoms with Gasteiger partial charge in [0, 0.05) is 6.54 Å². The molecule has 2 aromatic heterocycles. The number of nitrogens with one attached hydrogen (secondary N) is 1. The molecule has 0 saturated heterocycles. The summed E-state index contributed by atoms with van der Waals surface area (Å²) in [6.45, 7) is 2.60. The van der Waals surface area contributed by atoms with Gasteiger partial charge in [0.05, 0.1) is 12.5 Å². The minimum atomic E-state index is -0.494. The van der Waals surface area contributed by atoms with E-state index >= 15 is 0 Å². The lowest BCUT2D eigenvalue weighted by Gasteiger charge is -2.03. The van der Waals surface area contributed by atoms with Gasteiger partial charge in [-0.2, -0.15) is 0 Å². The van der Waals surface area contributed by atoms with Crippen LogP contribution in [0.3, 0.4) is 0 Å². The Hall–Kier alpha value is -1.91. The Labute approximate surface area is 86.2 Å². The largest absolute Gasteiger partial charge is 0.463 e. The summed E-state index contributed by atoms with van der Waals surface area (Å²) in [6, 6.07) is 3.34. The molecule has 0 aliphatic heterocycles. The van der Waals surface area contributed by atoms with Gasteiger partial charge in [0.15, 0.2) is 11.6 Å². The lowest BCUT2D eigenvalue weighted by Crippen LogP contribution is -2.03. The second-order valence-electron chi connectivity index (χ2n) is 2.90. The van der Waals surface area contributed by atoms with E-state index < -0.39 is 5.82 Å². The van der Waals surface area contributed by atoms with Crippen molar-refractivity contribution in [2.75, 3.05) is 11.9 Å². The molecule has 2 rings (SSSR count). The molecule has 15 heavy (non-hydrogen) atoms. The van der Waals surface area contributed by atoms with E-state index in [-0.39, 0.29) is 5.69 Å². The van der Waals surface area contributed by atoms with Crippen LogP contribution in [0.2, 0.25) is 0 Å². The van der Waals surface area contributed by atoms with Crippen LogP contribution >= 0.6 is 0 Å². The number of hydrogen-bond acceptors (Lipinski definition) is 4. The number of furan rings is 1. The smallest absolute Gasteiger partial charge is 0.223 e. The van der Waals surface area contributed by atoms with Gasteiger partial charge < -0.3 is 9.73 Å². The Bertz CT molecular complexity index is 442. The zero-order chi connectivity index (χ0) is 10.7. The molecule has 0 atom stereocenters. The van der Waals surface area contributed by atoms with Crippen LogP contribution in [0.4, 0.5) is 10.3 Å². The monoisotopic (exact) mass is 207 g/mol. The average Bonchev–Trinajstić information content (AvgIpc) is 2.74. The van der Waals surface area contributed by atoms with Crippen molar-refractivity contribution in [1.29, 1.82) is 0 Å². The number of anilines is 1. The third kappa shape index (κ3) is 1.96. The van der Waals surface area contributed by atoms with Crippen LogP contribution in [0.5, 0.6) is 0 Å². The topological polar surface area (TPSA) is 51.0 Å². The number of hydrogen-bond donors (Lipinski definition) is 1. The third-order valence-electron chi connectivity index (χ3n) is 1.83. The van der Waals surface area contributed by atoms with E-state index in [0.717, 1.165) is 6.20 Å². The number of rotatable bonds is 3. The molecular formula is C10H10FN3O. The van der Waals surface area contributed by atoms with Crippen LogP contribution in [0.25, 0.3) is 11.5 Å². The van der Waals surface area contributed by atoms with Crippen molar-refractivity contribution in [2.24, 2.45) is 0 Å². The molecule has 0 amide bonds. The van der Waals surface area contributed by atoms with Crippen molar-refractivity contribution in [3.63, 3.8) is 0 Å². The molecule has 0 aliphatic rings. The first kappa shape index (κ1) is 9.64. The van der Waals surface area contributed by atoms with Crippen LogP contribution in [0.15, 0.2) is 29.0 Å². The van der Waals surface area contributed by atoms with Gasteiger partial charge in [0.1, 0.15) is 5.69 Å². The van der Waals surface area contributed by atoms with E-state index in [1.165, 1.54) is 6.26 Å². The van der Waals surface area contributed by atoms with Crippen molar-refractivity contribution < 1.29 is 8.81 Å². The van der Waals surface area contributed by atoms with Crippen molar-refractivity contribution in [1.82, 2.24) is 9.97 Å². The molecule has 0 radical (unpaired) electrons. The van der Waals surface area contributed by atoms with E-state index in [2.05, 4.69) is 15.3 Å². The Kier molecular flexibility index (Phi) is 2.62. The Morgan fingerprint density at radius 1 is 1.53 bits per heavy atom. The van der Waals surface area contributed by atoms with Crippen LogP contribution < -0.4 is 5.32 Å². The minimum absolute atomic E-state index is 0.172. The first-order chi connectivity index (χ1) is 7.31. The summed E-state index contributed by atoms with van der Waals surface area (Å²) in [5, 5.41) is 2.91. The highest BCUT2D eigenvalue weighted by Gasteiger charge is 2.11. The number of nitrogens with zero attached hydrogens (tertiary/aromatic N) is 2. The third-order valence-corrected chi connectivity index (χ3v) is 1.83. The second-order valence-corrected chi connectivity index (χ2v) is 2.90. The summed E-state index contributed by atoms with van der Waals surface area (Å²) >= 11 is 0. The Balaban J connectivity index is 2.41. The molecule has 5 heteroatoms. The summed E-state index contributed by atoms with van der Waals surface area (Å²) < 4.78 is 18.4. The first-order valence-corrected chi connectivity index (χ1v) is 4.61. The fourth-order valence-corrected chi connectivity index (χ4v) is 1.20. The molecule has 4 nitrogen and oxygen atoms in total. The van der Waals surface area contributed by atoms with E-state index in [1.807, 2.05) is 6.92 Å². The van der Waals surface area contributed by atoms with Crippen LogP contribution in [-0.4, -0.2) is 16.5 Å². The SMILES string of the molecule is CCNc1ncc(F)c(-c2ccco2)n1. The van der Waals surface area contributed by atoms with Gasteiger partial charge in [-0.1, -0.05) is 0 Å². The second kappa shape index (κ2) is 4.08. The lowest BCUT2D eigenvalue weighted by molar-refractivity contribution is 0.562. The molecule has 2 heterocycles. The molecule has 0 fully saturated rings. The number of halogens is 1. The molecular weight excluding hydrogens is 197 g/mol. The molecule has 0 spiro atoms. The fourth-order valence-electron chi connectivity index (χ4n) is 1.20. The lowest BCUT2D eigenvalue weighted by atomic mass is 10.3. The molecule has 0 bridgehead atoms. The van der Waals surface area contributed by atoms with Gasteiger partial charge in [-0.3, -0.25) is 0 Å². The maximum Gasteiger partial charge on any atom is 0.223 e. The van der Waals surface area contributed by atoms with Gasteiger partial charge in [0.2, 0.25) is 5.95 Å². The summed E-state index contributed by atoms with van der Waals surface area (Å²) in [4.78, 5) is 7.81. The molecule has 78 valence electrons. The van der Waals surface area contributed by atoms with Gasteiger partial charge >= 0.3 is 0 Å². The van der Waals surface area contributed by atoms with Crippen LogP contribution in [0, 0.1) is 5.82 Å². The normalized spacial score (nSPS) is 10.3. The average molecular weight is 207 g/mol. The first-order valence-electron chi connectivity index (χ1n) is 4.61. The summed E-state index contributed by atoms with van der Waals surface area (Å²) in [7, 11) is 0. The quantitative estimate of drug-likeness (QED) is 0.839. The summed E-state index contributed by atoms with van der Waals surface area (Å²) in [5.41, 5.74) is 0.172. The maximum atomic E-state index is 13.4. The highest BCUT2D eigenvalue weighted by Crippen LogP contribution is 2.21. The summed E-state index contributed by atoms with van der Waals surface area (Å²) in [6.07, 6.45) is 2.60. The zero-order valence-corrected chi connectivity index (χ0v) is 8.20. The minimum Gasteiger partial charge on any atom is -0.463 e. The molecule has 0 saturated carbocycles. The zero-order valence-electron chi connectivity index (χ0n) is 8.20. The summed E-state index contributed by atoms with van der Waals surface area (Å²) in [5.74, 6) is 0.297.